The van der Waals surface area contributed by atoms with Gasteiger partial charge in [-0.1, -0.05) is 0 Å². The molecule has 0 aromatic carbocycles. The molecule has 20 heavy (non-hydrogen) atoms. The molecule has 1 aromatic rings. The van der Waals surface area contributed by atoms with Crippen molar-refractivity contribution in [2.75, 3.05) is 39.0 Å². The van der Waals surface area contributed by atoms with E-state index in [1.54, 1.807) is 4.90 Å². The van der Waals surface area contributed by atoms with Crippen molar-refractivity contribution in [3.63, 3.8) is 0 Å². The molecule has 0 radical (unpaired) electrons. The van der Waals surface area contributed by atoms with Gasteiger partial charge in [-0.2, -0.15) is 0 Å². The standard InChI is InChI=1S/C12H17N5O3/c1-15-3-2-4-16(6-5-15)12(18)10-7-9(17(19)20)8-14-11(10)13/h7-8H,2-6H2,1H3,(H2,13,14). The molecule has 8 heteroatoms. The fourth-order valence-corrected chi connectivity index (χ4v) is 2.16. The number of nitro groups is 1. The van der Waals surface area contributed by atoms with Crippen LogP contribution in [0, 0.1) is 10.1 Å². The van der Waals surface area contributed by atoms with Crippen LogP contribution in [0.5, 0.6) is 0 Å². The van der Waals surface area contributed by atoms with Gasteiger partial charge in [0.1, 0.15) is 12.0 Å². The molecular formula is C12H17N5O3. The third-order valence-corrected chi connectivity index (χ3v) is 3.35. The second-order valence-corrected chi connectivity index (χ2v) is 4.83. The first-order valence-electron chi connectivity index (χ1n) is 6.37. The Morgan fingerprint density at radius 1 is 1.40 bits per heavy atom. The Kier molecular flexibility index (Phi) is 4.14. The van der Waals surface area contributed by atoms with Gasteiger partial charge in [-0.3, -0.25) is 14.9 Å². The van der Waals surface area contributed by atoms with Gasteiger partial charge in [0.05, 0.1) is 10.5 Å². The fraction of sp³-hybridized carbons (Fsp3) is 0.500. The third-order valence-electron chi connectivity index (χ3n) is 3.35. The molecule has 1 aliphatic heterocycles. The maximum absolute atomic E-state index is 12.4. The van der Waals surface area contributed by atoms with Gasteiger partial charge in [-0.15, -0.1) is 0 Å². The highest BCUT2D eigenvalue weighted by Crippen LogP contribution is 2.19. The molecule has 0 bridgehead atoms. The molecule has 1 amide bonds. The lowest BCUT2D eigenvalue weighted by atomic mass is 10.2. The van der Waals surface area contributed by atoms with Crippen LogP contribution in [0.3, 0.4) is 0 Å². The summed E-state index contributed by atoms with van der Waals surface area (Å²) in [6.45, 7) is 2.89. The maximum Gasteiger partial charge on any atom is 0.288 e. The van der Waals surface area contributed by atoms with Crippen LogP contribution < -0.4 is 5.73 Å². The van der Waals surface area contributed by atoms with Crippen molar-refractivity contribution in [1.82, 2.24) is 14.8 Å². The molecule has 0 atom stereocenters. The van der Waals surface area contributed by atoms with Crippen molar-refractivity contribution < 1.29 is 9.72 Å². The highest BCUT2D eigenvalue weighted by atomic mass is 16.6. The predicted octanol–water partition coefficient (Wildman–Crippen LogP) is 0.350. The van der Waals surface area contributed by atoms with E-state index in [2.05, 4.69) is 9.88 Å². The Morgan fingerprint density at radius 2 is 2.15 bits per heavy atom. The highest BCUT2D eigenvalue weighted by Gasteiger charge is 2.23. The number of nitrogens with two attached hydrogens (primary N) is 1. The van der Waals surface area contributed by atoms with Gasteiger partial charge in [0, 0.05) is 25.7 Å². The summed E-state index contributed by atoms with van der Waals surface area (Å²) in [7, 11) is 2.00. The van der Waals surface area contributed by atoms with Crippen LogP contribution in [0.1, 0.15) is 16.8 Å². The number of likely N-dealkylation sites (N-methyl/N-ethyl adjacent to an activating group) is 1. The van der Waals surface area contributed by atoms with E-state index in [-0.39, 0.29) is 23.0 Å². The molecule has 1 aliphatic rings. The molecule has 1 fully saturated rings. The number of pyridine rings is 1. The van der Waals surface area contributed by atoms with Gasteiger partial charge in [-0.05, 0) is 20.0 Å². The highest BCUT2D eigenvalue weighted by molar-refractivity contribution is 5.98. The second kappa shape index (κ2) is 5.83. The van der Waals surface area contributed by atoms with E-state index in [9.17, 15) is 14.9 Å². The van der Waals surface area contributed by atoms with Crippen LogP contribution >= 0.6 is 0 Å². The Hall–Kier alpha value is -2.22. The first-order chi connectivity index (χ1) is 9.49. The SMILES string of the molecule is CN1CCCN(C(=O)c2cc([N+](=O)[O-])cnc2N)CC1. The first-order valence-corrected chi connectivity index (χ1v) is 6.37. The minimum Gasteiger partial charge on any atom is -0.383 e. The van der Waals surface area contributed by atoms with Crippen LogP contribution in [0.25, 0.3) is 0 Å². The Labute approximate surface area is 116 Å². The summed E-state index contributed by atoms with van der Waals surface area (Å²) in [5.74, 6) is -0.271. The molecule has 2 heterocycles. The Balaban J connectivity index is 2.23. The van der Waals surface area contributed by atoms with Crippen molar-refractivity contribution in [3.8, 4) is 0 Å². The zero-order chi connectivity index (χ0) is 14.7. The van der Waals surface area contributed by atoms with E-state index < -0.39 is 4.92 Å². The van der Waals surface area contributed by atoms with Gasteiger partial charge in [-0.25, -0.2) is 4.98 Å². The maximum atomic E-state index is 12.4. The van der Waals surface area contributed by atoms with E-state index in [0.717, 1.165) is 25.7 Å². The summed E-state index contributed by atoms with van der Waals surface area (Å²) in [4.78, 5) is 30.1. The molecule has 1 aromatic heterocycles. The number of rotatable bonds is 2. The van der Waals surface area contributed by atoms with Crippen molar-refractivity contribution >= 4 is 17.4 Å². The molecule has 8 nitrogen and oxygen atoms in total. The zero-order valence-corrected chi connectivity index (χ0v) is 11.3. The molecular weight excluding hydrogens is 262 g/mol. The first kappa shape index (κ1) is 14.2. The average Bonchev–Trinajstić information content (AvgIpc) is 2.63. The van der Waals surface area contributed by atoms with Crippen LogP contribution in [-0.2, 0) is 0 Å². The topological polar surface area (TPSA) is 106 Å². The zero-order valence-electron chi connectivity index (χ0n) is 11.3. The number of nitrogens with zero attached hydrogens (tertiary/aromatic N) is 4. The molecule has 108 valence electrons. The summed E-state index contributed by atoms with van der Waals surface area (Å²) in [5, 5.41) is 10.8. The number of carbonyl (C=O) groups is 1. The van der Waals surface area contributed by atoms with Crippen LogP contribution in [-0.4, -0.2) is 58.8 Å². The summed E-state index contributed by atoms with van der Waals surface area (Å²) in [5.41, 5.74) is 5.55. The largest absolute Gasteiger partial charge is 0.383 e. The predicted molar refractivity (Wildman–Crippen MR) is 73.3 cm³/mol. The van der Waals surface area contributed by atoms with E-state index >= 15 is 0 Å². The number of hydrogen-bond acceptors (Lipinski definition) is 6. The molecule has 1 saturated heterocycles. The van der Waals surface area contributed by atoms with Gasteiger partial charge in [0.2, 0.25) is 0 Å². The quantitative estimate of drug-likeness (QED) is 0.618. The smallest absolute Gasteiger partial charge is 0.288 e. The third kappa shape index (κ3) is 3.02. The molecule has 2 rings (SSSR count). The van der Waals surface area contributed by atoms with Crippen LogP contribution in [0.2, 0.25) is 0 Å². The summed E-state index contributed by atoms with van der Waals surface area (Å²) in [6.07, 6.45) is 1.92. The number of hydrogen-bond donors (Lipinski definition) is 1. The van der Waals surface area contributed by atoms with Crippen molar-refractivity contribution in [3.05, 3.63) is 27.9 Å². The van der Waals surface area contributed by atoms with Gasteiger partial charge >= 0.3 is 0 Å². The van der Waals surface area contributed by atoms with Crippen LogP contribution in [0.4, 0.5) is 11.5 Å². The number of carbonyl (C=O) groups excluding carboxylic acids is 1. The number of aromatic nitrogens is 1. The van der Waals surface area contributed by atoms with E-state index in [4.69, 9.17) is 5.73 Å². The van der Waals surface area contributed by atoms with Crippen molar-refractivity contribution in [2.24, 2.45) is 0 Å². The van der Waals surface area contributed by atoms with E-state index in [0.29, 0.717) is 13.1 Å². The summed E-state index contributed by atoms with van der Waals surface area (Å²) < 4.78 is 0. The minimum atomic E-state index is -0.584. The normalized spacial score (nSPS) is 16.8. The number of nitrogen functional groups attached to an aromatic ring is 1. The van der Waals surface area contributed by atoms with Crippen LogP contribution in [0.15, 0.2) is 12.3 Å². The molecule has 0 saturated carbocycles. The van der Waals surface area contributed by atoms with Crippen molar-refractivity contribution in [1.29, 1.82) is 0 Å². The molecule has 2 N–H and O–H groups in total. The fourth-order valence-electron chi connectivity index (χ4n) is 2.16. The van der Waals surface area contributed by atoms with Gasteiger partial charge in [0.15, 0.2) is 0 Å². The molecule has 0 aliphatic carbocycles. The number of anilines is 1. The lowest BCUT2D eigenvalue weighted by molar-refractivity contribution is -0.385. The second-order valence-electron chi connectivity index (χ2n) is 4.83. The minimum absolute atomic E-state index is 0.0261. The van der Waals surface area contributed by atoms with Gasteiger partial charge in [0.25, 0.3) is 11.6 Å². The molecule has 0 unspecified atom stereocenters. The van der Waals surface area contributed by atoms with E-state index in [1.165, 1.54) is 6.07 Å². The summed E-state index contributed by atoms with van der Waals surface area (Å²) >= 11 is 0. The lowest BCUT2D eigenvalue weighted by Crippen LogP contribution is -2.35. The van der Waals surface area contributed by atoms with Gasteiger partial charge < -0.3 is 15.5 Å². The summed E-state index contributed by atoms with van der Waals surface area (Å²) in [6, 6.07) is 1.19. The Bertz CT molecular complexity index is 534. The Morgan fingerprint density at radius 3 is 2.85 bits per heavy atom. The van der Waals surface area contributed by atoms with E-state index in [1.807, 2.05) is 7.05 Å². The number of amides is 1. The monoisotopic (exact) mass is 279 g/mol. The average molecular weight is 279 g/mol. The lowest BCUT2D eigenvalue weighted by Gasteiger charge is -2.20. The molecule has 0 spiro atoms. The van der Waals surface area contributed by atoms with Crippen molar-refractivity contribution in [2.45, 2.75) is 6.42 Å².